The van der Waals surface area contributed by atoms with Crippen LogP contribution in [0.15, 0.2) is 73.3 Å². The molecule has 42 heavy (non-hydrogen) atoms. The highest BCUT2D eigenvalue weighted by molar-refractivity contribution is 6.00. The Bertz CT molecular complexity index is 1480. The SMILES string of the molecule is C=CCN(C(=O)C(CCC(N)=O)NC(=O)OC(C)(C)C)C(C(=O)Nc1ccc2ccccc2c1)c1cc(C)ccc1C. The van der Waals surface area contributed by atoms with Crippen LogP contribution in [-0.4, -0.2) is 46.9 Å². The zero-order valence-electron chi connectivity index (χ0n) is 24.9. The van der Waals surface area contributed by atoms with Crippen LogP contribution in [0.5, 0.6) is 0 Å². The Labute approximate surface area is 247 Å². The molecule has 0 heterocycles. The van der Waals surface area contributed by atoms with Crippen molar-refractivity contribution in [2.75, 3.05) is 11.9 Å². The number of alkyl carbamates (subject to hydrolysis) is 1. The molecule has 0 radical (unpaired) electrons. The van der Waals surface area contributed by atoms with Gasteiger partial charge in [-0.3, -0.25) is 14.4 Å². The quantitative estimate of drug-likeness (QED) is 0.268. The van der Waals surface area contributed by atoms with E-state index in [9.17, 15) is 19.2 Å². The summed E-state index contributed by atoms with van der Waals surface area (Å²) in [6.07, 6.45) is 0.448. The van der Waals surface area contributed by atoms with Gasteiger partial charge in [-0.05, 0) is 75.1 Å². The zero-order valence-corrected chi connectivity index (χ0v) is 24.9. The summed E-state index contributed by atoms with van der Waals surface area (Å²) in [5, 5.41) is 7.54. The lowest BCUT2D eigenvalue weighted by Crippen LogP contribution is -2.52. The Balaban J connectivity index is 2.05. The second-order valence-electron chi connectivity index (χ2n) is 11.3. The van der Waals surface area contributed by atoms with Crippen LogP contribution in [0.25, 0.3) is 10.8 Å². The number of fused-ring (bicyclic) bond motifs is 1. The summed E-state index contributed by atoms with van der Waals surface area (Å²) in [5.74, 6) is -1.66. The molecule has 4 amide bonds. The molecule has 3 aromatic rings. The van der Waals surface area contributed by atoms with Crippen LogP contribution in [0.1, 0.15) is 56.3 Å². The highest BCUT2D eigenvalue weighted by Crippen LogP contribution is 2.29. The van der Waals surface area contributed by atoms with Crippen molar-refractivity contribution < 1.29 is 23.9 Å². The number of rotatable bonds is 11. The molecule has 222 valence electrons. The summed E-state index contributed by atoms with van der Waals surface area (Å²) >= 11 is 0. The van der Waals surface area contributed by atoms with Gasteiger partial charge in [0.15, 0.2) is 0 Å². The van der Waals surface area contributed by atoms with Gasteiger partial charge in [0.2, 0.25) is 11.8 Å². The summed E-state index contributed by atoms with van der Waals surface area (Å²) in [6, 6.07) is 16.8. The minimum Gasteiger partial charge on any atom is -0.444 e. The summed E-state index contributed by atoms with van der Waals surface area (Å²) < 4.78 is 5.37. The van der Waals surface area contributed by atoms with Gasteiger partial charge in [-0.1, -0.05) is 60.2 Å². The number of aryl methyl sites for hydroxylation is 2. The molecule has 9 heteroatoms. The lowest BCUT2D eigenvalue weighted by molar-refractivity contribution is -0.140. The van der Waals surface area contributed by atoms with Gasteiger partial charge in [-0.15, -0.1) is 6.58 Å². The molecule has 0 aliphatic carbocycles. The molecule has 0 saturated carbocycles. The van der Waals surface area contributed by atoms with Gasteiger partial charge in [-0.2, -0.15) is 0 Å². The lowest BCUT2D eigenvalue weighted by atomic mass is 9.95. The van der Waals surface area contributed by atoms with Crippen LogP contribution >= 0.6 is 0 Å². The Morgan fingerprint density at radius 2 is 1.69 bits per heavy atom. The largest absolute Gasteiger partial charge is 0.444 e. The monoisotopic (exact) mass is 572 g/mol. The molecule has 2 atom stereocenters. The first-order valence-corrected chi connectivity index (χ1v) is 13.8. The normalized spacial score (nSPS) is 12.6. The van der Waals surface area contributed by atoms with Gasteiger partial charge in [0.1, 0.15) is 17.7 Å². The summed E-state index contributed by atoms with van der Waals surface area (Å²) in [7, 11) is 0. The molecule has 0 saturated heterocycles. The first-order valence-electron chi connectivity index (χ1n) is 13.8. The van der Waals surface area contributed by atoms with E-state index in [1.54, 1.807) is 26.8 Å². The highest BCUT2D eigenvalue weighted by Gasteiger charge is 2.36. The third-order valence-electron chi connectivity index (χ3n) is 6.58. The second-order valence-corrected chi connectivity index (χ2v) is 11.3. The first kappa shape index (κ1) is 31.9. The number of carbonyl (C=O) groups excluding carboxylic acids is 4. The van der Waals surface area contributed by atoms with Crippen molar-refractivity contribution >= 4 is 40.3 Å². The molecule has 2 unspecified atom stereocenters. The molecule has 0 aromatic heterocycles. The maximum Gasteiger partial charge on any atom is 0.408 e. The van der Waals surface area contributed by atoms with Crippen LogP contribution in [0.2, 0.25) is 0 Å². The molecule has 0 bridgehead atoms. The van der Waals surface area contributed by atoms with Crippen LogP contribution in [0.3, 0.4) is 0 Å². The minimum absolute atomic E-state index is 0.00884. The average molecular weight is 573 g/mol. The molecule has 0 aliphatic heterocycles. The number of benzene rings is 3. The Kier molecular flexibility index (Phi) is 10.5. The molecular weight excluding hydrogens is 532 g/mol. The number of amides is 4. The zero-order chi connectivity index (χ0) is 31.0. The number of hydrogen-bond donors (Lipinski definition) is 3. The number of primary amides is 1. The molecule has 4 N–H and O–H groups in total. The summed E-state index contributed by atoms with van der Waals surface area (Å²) in [5.41, 5.74) is 7.46. The van der Waals surface area contributed by atoms with Crippen molar-refractivity contribution in [3.8, 4) is 0 Å². The minimum atomic E-state index is -1.19. The predicted molar refractivity (Wildman–Crippen MR) is 165 cm³/mol. The fraction of sp³-hybridized carbons (Fsp3) is 0.333. The Hall–Kier alpha value is -4.66. The smallest absolute Gasteiger partial charge is 0.408 e. The highest BCUT2D eigenvalue weighted by atomic mass is 16.6. The van der Waals surface area contributed by atoms with Crippen molar-refractivity contribution in [2.24, 2.45) is 5.73 Å². The van der Waals surface area contributed by atoms with Gasteiger partial charge in [0, 0.05) is 18.7 Å². The summed E-state index contributed by atoms with van der Waals surface area (Å²) in [4.78, 5) is 54.0. The van der Waals surface area contributed by atoms with E-state index in [4.69, 9.17) is 10.5 Å². The van der Waals surface area contributed by atoms with Crippen LogP contribution in [-0.2, 0) is 19.1 Å². The van der Waals surface area contributed by atoms with E-state index in [0.29, 0.717) is 11.3 Å². The fourth-order valence-electron chi connectivity index (χ4n) is 4.64. The molecule has 3 aromatic carbocycles. The Morgan fingerprint density at radius 1 is 1.00 bits per heavy atom. The van der Waals surface area contributed by atoms with Crippen LogP contribution < -0.4 is 16.4 Å². The van der Waals surface area contributed by atoms with Gasteiger partial charge >= 0.3 is 6.09 Å². The van der Waals surface area contributed by atoms with E-state index >= 15 is 0 Å². The predicted octanol–water partition coefficient (Wildman–Crippen LogP) is 5.31. The average Bonchev–Trinajstić information content (AvgIpc) is 2.91. The van der Waals surface area contributed by atoms with Gasteiger partial charge in [-0.25, -0.2) is 4.79 Å². The maximum atomic E-state index is 14.2. The number of anilines is 1. The van der Waals surface area contributed by atoms with E-state index < -0.39 is 41.5 Å². The molecule has 0 aliphatic rings. The number of hydrogen-bond acceptors (Lipinski definition) is 5. The second kappa shape index (κ2) is 13.8. The molecule has 0 fully saturated rings. The Morgan fingerprint density at radius 3 is 2.33 bits per heavy atom. The number of nitrogens with one attached hydrogen (secondary N) is 2. The molecule has 3 rings (SSSR count). The van der Waals surface area contributed by atoms with Crippen molar-refractivity contribution in [1.29, 1.82) is 0 Å². The van der Waals surface area contributed by atoms with E-state index in [0.717, 1.165) is 21.9 Å². The van der Waals surface area contributed by atoms with Gasteiger partial charge in [0.05, 0.1) is 0 Å². The van der Waals surface area contributed by atoms with Gasteiger partial charge in [0.25, 0.3) is 5.91 Å². The first-order chi connectivity index (χ1) is 19.8. The number of nitrogens with two attached hydrogens (primary N) is 1. The topological polar surface area (TPSA) is 131 Å². The summed E-state index contributed by atoms with van der Waals surface area (Å²) in [6.45, 7) is 12.7. The van der Waals surface area contributed by atoms with Crippen molar-refractivity contribution in [2.45, 2.75) is 65.1 Å². The van der Waals surface area contributed by atoms with E-state index in [1.807, 2.05) is 68.4 Å². The maximum absolute atomic E-state index is 14.2. The van der Waals surface area contributed by atoms with E-state index in [-0.39, 0.29) is 19.4 Å². The molecular formula is C33H40N4O5. The van der Waals surface area contributed by atoms with Crippen molar-refractivity contribution in [3.63, 3.8) is 0 Å². The van der Waals surface area contributed by atoms with E-state index in [2.05, 4.69) is 17.2 Å². The standard InChI is InChI=1S/C33H40N4O5/c1-7-18-37(31(40)27(16-17-28(34)38)36-32(41)42-33(4,5)6)29(26-19-21(2)12-13-22(26)3)30(39)35-25-15-14-23-10-8-9-11-24(23)20-25/h7-15,19-20,27,29H,1,16-18H2,2-6H3,(H2,34,38)(H,35,39)(H,36,41). The number of carbonyl (C=O) groups is 4. The number of ether oxygens (including phenoxy) is 1. The third-order valence-corrected chi connectivity index (χ3v) is 6.58. The number of nitrogens with zero attached hydrogens (tertiary/aromatic N) is 1. The fourth-order valence-corrected chi connectivity index (χ4v) is 4.64. The third kappa shape index (κ3) is 8.67. The molecule has 0 spiro atoms. The van der Waals surface area contributed by atoms with Crippen LogP contribution in [0.4, 0.5) is 10.5 Å². The van der Waals surface area contributed by atoms with Crippen LogP contribution in [0, 0.1) is 13.8 Å². The van der Waals surface area contributed by atoms with Crippen molar-refractivity contribution in [3.05, 3.63) is 90.0 Å². The van der Waals surface area contributed by atoms with Gasteiger partial charge < -0.3 is 26.0 Å². The van der Waals surface area contributed by atoms with Crippen molar-refractivity contribution in [1.82, 2.24) is 10.2 Å². The molecule has 9 nitrogen and oxygen atoms in total. The van der Waals surface area contributed by atoms with E-state index in [1.165, 1.54) is 11.0 Å². The lowest BCUT2D eigenvalue weighted by Gasteiger charge is -2.34.